The molecular formula is C10H12FNO. The van der Waals surface area contributed by atoms with Crippen molar-refractivity contribution in [3.05, 3.63) is 35.7 Å². The van der Waals surface area contributed by atoms with Crippen LogP contribution in [0.15, 0.2) is 24.3 Å². The molecular weight excluding hydrogens is 169 g/mol. The molecule has 2 N–H and O–H groups in total. The SMILES string of the molecule is COc1cc(F)cc(C=CCN)c1. The van der Waals surface area contributed by atoms with E-state index in [2.05, 4.69) is 0 Å². The Morgan fingerprint density at radius 2 is 2.23 bits per heavy atom. The summed E-state index contributed by atoms with van der Waals surface area (Å²) < 4.78 is 17.8. The molecule has 0 aliphatic carbocycles. The van der Waals surface area contributed by atoms with Gasteiger partial charge in [-0.2, -0.15) is 0 Å². The number of rotatable bonds is 3. The van der Waals surface area contributed by atoms with Crippen LogP contribution in [0.3, 0.4) is 0 Å². The average Bonchev–Trinajstić information content (AvgIpc) is 2.14. The van der Waals surface area contributed by atoms with E-state index in [-0.39, 0.29) is 5.82 Å². The summed E-state index contributed by atoms with van der Waals surface area (Å²) in [4.78, 5) is 0. The lowest BCUT2D eigenvalue weighted by Gasteiger charge is -2.01. The third kappa shape index (κ3) is 2.87. The normalized spacial score (nSPS) is 10.7. The van der Waals surface area contributed by atoms with Gasteiger partial charge in [0.1, 0.15) is 11.6 Å². The summed E-state index contributed by atoms with van der Waals surface area (Å²) in [5.41, 5.74) is 6.03. The van der Waals surface area contributed by atoms with E-state index in [1.807, 2.05) is 0 Å². The summed E-state index contributed by atoms with van der Waals surface area (Å²) in [5, 5.41) is 0. The molecule has 0 heterocycles. The highest BCUT2D eigenvalue weighted by Crippen LogP contribution is 2.16. The summed E-state index contributed by atoms with van der Waals surface area (Å²) >= 11 is 0. The van der Waals surface area contributed by atoms with Gasteiger partial charge >= 0.3 is 0 Å². The summed E-state index contributed by atoms with van der Waals surface area (Å²) in [6.07, 6.45) is 3.51. The van der Waals surface area contributed by atoms with Gasteiger partial charge in [-0.05, 0) is 17.7 Å². The van der Waals surface area contributed by atoms with Crippen molar-refractivity contribution in [2.45, 2.75) is 0 Å². The Labute approximate surface area is 76.8 Å². The minimum atomic E-state index is -0.309. The van der Waals surface area contributed by atoms with E-state index in [1.165, 1.54) is 19.2 Å². The van der Waals surface area contributed by atoms with Crippen molar-refractivity contribution in [2.24, 2.45) is 5.73 Å². The van der Waals surface area contributed by atoms with Gasteiger partial charge in [0.15, 0.2) is 0 Å². The molecule has 70 valence electrons. The zero-order valence-electron chi connectivity index (χ0n) is 7.46. The first-order valence-corrected chi connectivity index (χ1v) is 3.97. The van der Waals surface area contributed by atoms with E-state index in [0.717, 1.165) is 5.56 Å². The van der Waals surface area contributed by atoms with E-state index in [1.54, 1.807) is 18.2 Å². The van der Waals surface area contributed by atoms with Crippen molar-refractivity contribution in [3.8, 4) is 5.75 Å². The molecule has 3 heteroatoms. The van der Waals surface area contributed by atoms with Crippen LogP contribution in [0, 0.1) is 5.82 Å². The lowest BCUT2D eigenvalue weighted by molar-refractivity contribution is 0.411. The minimum Gasteiger partial charge on any atom is -0.497 e. The predicted molar refractivity (Wildman–Crippen MR) is 51.0 cm³/mol. The van der Waals surface area contributed by atoms with Gasteiger partial charge in [-0.25, -0.2) is 4.39 Å². The fraction of sp³-hybridized carbons (Fsp3) is 0.200. The van der Waals surface area contributed by atoms with Crippen LogP contribution >= 0.6 is 0 Å². The highest BCUT2D eigenvalue weighted by molar-refractivity contribution is 5.52. The van der Waals surface area contributed by atoms with Crippen LogP contribution in [0.2, 0.25) is 0 Å². The number of halogens is 1. The average molecular weight is 181 g/mol. The van der Waals surface area contributed by atoms with E-state index >= 15 is 0 Å². The van der Waals surface area contributed by atoms with Gasteiger partial charge in [-0.15, -0.1) is 0 Å². The van der Waals surface area contributed by atoms with Crippen molar-refractivity contribution >= 4 is 6.08 Å². The fourth-order valence-corrected chi connectivity index (χ4v) is 1.00. The second-order valence-electron chi connectivity index (χ2n) is 2.56. The molecule has 0 spiro atoms. The summed E-state index contributed by atoms with van der Waals surface area (Å²) in [5.74, 6) is 0.202. The van der Waals surface area contributed by atoms with Gasteiger partial charge in [0.05, 0.1) is 7.11 Å². The number of benzene rings is 1. The lowest BCUT2D eigenvalue weighted by atomic mass is 10.2. The molecule has 0 atom stereocenters. The number of hydrogen-bond acceptors (Lipinski definition) is 2. The van der Waals surface area contributed by atoms with E-state index < -0.39 is 0 Å². The first-order valence-electron chi connectivity index (χ1n) is 3.97. The zero-order chi connectivity index (χ0) is 9.68. The Bertz CT molecular complexity index is 310. The van der Waals surface area contributed by atoms with Gasteiger partial charge in [-0.3, -0.25) is 0 Å². The highest BCUT2D eigenvalue weighted by atomic mass is 19.1. The van der Waals surface area contributed by atoms with E-state index in [9.17, 15) is 4.39 Å². The maximum atomic E-state index is 12.9. The molecule has 0 saturated carbocycles. The Balaban J connectivity index is 2.94. The van der Waals surface area contributed by atoms with Crippen molar-refractivity contribution < 1.29 is 9.13 Å². The predicted octanol–water partition coefficient (Wildman–Crippen LogP) is 1.81. The Hall–Kier alpha value is -1.35. The molecule has 0 saturated heterocycles. The van der Waals surface area contributed by atoms with E-state index in [4.69, 9.17) is 10.5 Å². The third-order valence-electron chi connectivity index (χ3n) is 1.58. The molecule has 0 bridgehead atoms. The van der Waals surface area contributed by atoms with Crippen molar-refractivity contribution in [1.82, 2.24) is 0 Å². The molecule has 1 aromatic rings. The lowest BCUT2D eigenvalue weighted by Crippen LogP contribution is -1.92. The first-order chi connectivity index (χ1) is 6.26. The second-order valence-corrected chi connectivity index (χ2v) is 2.56. The molecule has 0 aromatic heterocycles. The van der Waals surface area contributed by atoms with Gasteiger partial charge in [0.2, 0.25) is 0 Å². The van der Waals surface area contributed by atoms with Crippen LogP contribution in [0.25, 0.3) is 6.08 Å². The van der Waals surface area contributed by atoms with Crippen molar-refractivity contribution in [1.29, 1.82) is 0 Å². The van der Waals surface area contributed by atoms with Gasteiger partial charge < -0.3 is 10.5 Å². The molecule has 2 nitrogen and oxygen atoms in total. The molecule has 0 fully saturated rings. The van der Waals surface area contributed by atoms with Crippen LogP contribution < -0.4 is 10.5 Å². The largest absolute Gasteiger partial charge is 0.497 e. The monoisotopic (exact) mass is 181 g/mol. The maximum Gasteiger partial charge on any atom is 0.127 e. The Kier molecular flexibility index (Phi) is 3.46. The summed E-state index contributed by atoms with van der Waals surface area (Å²) in [6, 6.07) is 4.50. The molecule has 0 aliphatic rings. The van der Waals surface area contributed by atoms with Crippen molar-refractivity contribution in [2.75, 3.05) is 13.7 Å². The number of hydrogen-bond donors (Lipinski definition) is 1. The number of ether oxygens (including phenoxy) is 1. The van der Waals surface area contributed by atoms with Crippen LogP contribution in [-0.2, 0) is 0 Å². The molecule has 0 radical (unpaired) electrons. The van der Waals surface area contributed by atoms with Gasteiger partial charge in [-0.1, -0.05) is 12.2 Å². The smallest absolute Gasteiger partial charge is 0.127 e. The third-order valence-corrected chi connectivity index (χ3v) is 1.58. The molecule has 1 aromatic carbocycles. The Morgan fingerprint density at radius 3 is 2.85 bits per heavy atom. The van der Waals surface area contributed by atoms with Crippen molar-refractivity contribution in [3.63, 3.8) is 0 Å². The molecule has 0 amide bonds. The number of methoxy groups -OCH3 is 1. The first kappa shape index (κ1) is 9.74. The molecule has 0 aliphatic heterocycles. The molecule has 13 heavy (non-hydrogen) atoms. The highest BCUT2D eigenvalue weighted by Gasteiger charge is 1.97. The summed E-state index contributed by atoms with van der Waals surface area (Å²) in [7, 11) is 1.51. The fourth-order valence-electron chi connectivity index (χ4n) is 1.00. The summed E-state index contributed by atoms with van der Waals surface area (Å²) in [6.45, 7) is 0.443. The quantitative estimate of drug-likeness (QED) is 0.771. The Morgan fingerprint density at radius 1 is 1.46 bits per heavy atom. The van der Waals surface area contributed by atoms with Crippen LogP contribution in [0.5, 0.6) is 5.75 Å². The number of nitrogens with two attached hydrogens (primary N) is 1. The zero-order valence-corrected chi connectivity index (χ0v) is 7.46. The topological polar surface area (TPSA) is 35.2 Å². The standard InChI is InChI=1S/C10H12FNO/c1-13-10-6-8(3-2-4-12)5-9(11)7-10/h2-3,5-7H,4,12H2,1H3. The maximum absolute atomic E-state index is 12.9. The van der Waals surface area contributed by atoms with Crippen LogP contribution in [0.4, 0.5) is 4.39 Å². The minimum absolute atomic E-state index is 0.309. The van der Waals surface area contributed by atoms with Gasteiger partial charge in [0, 0.05) is 12.6 Å². The second kappa shape index (κ2) is 4.62. The van der Waals surface area contributed by atoms with Crippen LogP contribution in [-0.4, -0.2) is 13.7 Å². The van der Waals surface area contributed by atoms with Crippen LogP contribution in [0.1, 0.15) is 5.56 Å². The van der Waals surface area contributed by atoms with Gasteiger partial charge in [0.25, 0.3) is 0 Å². The molecule has 1 rings (SSSR count). The molecule has 0 unspecified atom stereocenters. The van der Waals surface area contributed by atoms with E-state index in [0.29, 0.717) is 12.3 Å².